The lowest BCUT2D eigenvalue weighted by molar-refractivity contribution is -0.150. The number of hydrogen-bond donors (Lipinski definition) is 1. The van der Waals surface area contributed by atoms with Gasteiger partial charge < -0.3 is 19.9 Å². The monoisotopic (exact) mass is 363 g/mol. The van der Waals surface area contributed by atoms with Crippen LogP contribution in [0.15, 0.2) is 24.3 Å². The average molecular weight is 363 g/mol. The highest BCUT2D eigenvalue weighted by Crippen LogP contribution is 2.45. The highest BCUT2D eigenvalue weighted by molar-refractivity contribution is 6.06. The molecular formula is C19H26FN3O3. The Morgan fingerprint density at radius 2 is 2.08 bits per heavy atom. The number of anilines is 1. The molecule has 1 N–H and O–H groups in total. The summed E-state index contributed by atoms with van der Waals surface area (Å²) in [6.45, 7) is 5.79. The Morgan fingerprint density at radius 1 is 1.38 bits per heavy atom. The summed E-state index contributed by atoms with van der Waals surface area (Å²) in [5.74, 6) is -0.145. The number of benzene rings is 1. The van der Waals surface area contributed by atoms with Gasteiger partial charge in [-0.3, -0.25) is 4.79 Å². The highest BCUT2D eigenvalue weighted by Gasteiger charge is 2.62. The van der Waals surface area contributed by atoms with E-state index in [0.29, 0.717) is 44.1 Å². The van der Waals surface area contributed by atoms with Crippen LogP contribution in [-0.2, 0) is 9.53 Å². The van der Waals surface area contributed by atoms with Gasteiger partial charge in [0.1, 0.15) is 5.82 Å². The number of likely N-dealkylation sites (tertiary alicyclic amines) is 1. The zero-order chi connectivity index (χ0) is 18.9. The van der Waals surface area contributed by atoms with Crippen molar-refractivity contribution in [2.24, 2.45) is 5.92 Å². The second kappa shape index (κ2) is 7.23. The van der Waals surface area contributed by atoms with Crippen molar-refractivity contribution in [3.05, 3.63) is 30.1 Å². The van der Waals surface area contributed by atoms with E-state index >= 15 is 0 Å². The quantitative estimate of drug-likeness (QED) is 0.836. The molecule has 1 unspecified atom stereocenters. The number of amides is 3. The predicted molar refractivity (Wildman–Crippen MR) is 96.5 cm³/mol. The number of β-lactam (4-membered cyclic amide) rings is 1. The fourth-order valence-corrected chi connectivity index (χ4v) is 3.92. The summed E-state index contributed by atoms with van der Waals surface area (Å²) in [4.78, 5) is 28.3. The van der Waals surface area contributed by atoms with Gasteiger partial charge >= 0.3 is 6.03 Å². The maximum absolute atomic E-state index is 13.6. The van der Waals surface area contributed by atoms with E-state index in [1.165, 1.54) is 19.2 Å². The third-order valence-electron chi connectivity index (χ3n) is 5.26. The van der Waals surface area contributed by atoms with Crippen LogP contribution < -0.4 is 10.2 Å². The Bertz CT molecular complexity index is 686. The van der Waals surface area contributed by atoms with Crippen molar-refractivity contribution in [1.29, 1.82) is 0 Å². The third kappa shape index (κ3) is 3.16. The van der Waals surface area contributed by atoms with Gasteiger partial charge in [-0.1, -0.05) is 19.9 Å². The molecule has 26 heavy (non-hydrogen) atoms. The van der Waals surface area contributed by atoms with Crippen LogP contribution >= 0.6 is 0 Å². The minimum absolute atomic E-state index is 0.0783. The van der Waals surface area contributed by atoms with Gasteiger partial charge in [0.05, 0.1) is 5.54 Å². The molecule has 1 aromatic rings. The number of carbonyl (C=O) groups excluding carboxylic acids is 2. The number of piperidine rings is 1. The molecule has 1 spiro atoms. The number of carbonyl (C=O) groups is 2. The van der Waals surface area contributed by atoms with E-state index in [-0.39, 0.29) is 17.8 Å². The molecule has 1 atom stereocenters. The van der Waals surface area contributed by atoms with Gasteiger partial charge in [0.2, 0.25) is 0 Å². The third-order valence-corrected chi connectivity index (χ3v) is 5.26. The van der Waals surface area contributed by atoms with Gasteiger partial charge in [0, 0.05) is 32.4 Å². The van der Waals surface area contributed by atoms with Crippen LogP contribution in [0, 0.1) is 11.7 Å². The minimum Gasteiger partial charge on any atom is -0.369 e. The first-order valence-corrected chi connectivity index (χ1v) is 9.04. The standard InChI is InChI=1S/C19H26FN3O3/c1-13(2)12-21-18(25)22-9-7-19(8-10-22)16(26-3)17(24)23(19)15-6-4-5-14(20)11-15/h4-6,11,13,16H,7-10,12H2,1-3H3,(H,21,25). The first-order valence-electron chi connectivity index (χ1n) is 9.04. The van der Waals surface area contributed by atoms with Crippen LogP contribution in [0.5, 0.6) is 0 Å². The van der Waals surface area contributed by atoms with Crippen molar-refractivity contribution in [2.45, 2.75) is 38.3 Å². The molecule has 0 saturated carbocycles. The number of nitrogens with zero attached hydrogens (tertiary/aromatic N) is 2. The van der Waals surface area contributed by atoms with Crippen LogP contribution in [-0.4, -0.2) is 55.2 Å². The predicted octanol–water partition coefficient (Wildman–Crippen LogP) is 2.39. The lowest BCUT2D eigenvalue weighted by Crippen LogP contribution is -2.78. The minimum atomic E-state index is -0.549. The van der Waals surface area contributed by atoms with Crippen LogP contribution in [0.25, 0.3) is 0 Å². The Morgan fingerprint density at radius 3 is 2.65 bits per heavy atom. The molecule has 2 saturated heterocycles. The van der Waals surface area contributed by atoms with E-state index in [4.69, 9.17) is 4.74 Å². The van der Waals surface area contributed by atoms with Gasteiger partial charge in [0.15, 0.2) is 6.10 Å². The molecule has 3 rings (SSSR count). The molecule has 2 heterocycles. The van der Waals surface area contributed by atoms with Crippen LogP contribution in [0.2, 0.25) is 0 Å². The van der Waals surface area contributed by atoms with Crippen molar-refractivity contribution in [2.75, 3.05) is 31.6 Å². The fraction of sp³-hybridized carbons (Fsp3) is 0.579. The number of ether oxygens (including phenoxy) is 1. The maximum atomic E-state index is 13.6. The molecule has 1 aromatic carbocycles. The van der Waals surface area contributed by atoms with E-state index in [1.54, 1.807) is 21.9 Å². The largest absolute Gasteiger partial charge is 0.369 e. The van der Waals surface area contributed by atoms with Gasteiger partial charge in [-0.15, -0.1) is 0 Å². The van der Waals surface area contributed by atoms with E-state index in [9.17, 15) is 14.0 Å². The van der Waals surface area contributed by atoms with E-state index < -0.39 is 11.6 Å². The van der Waals surface area contributed by atoms with Gasteiger partial charge in [0.25, 0.3) is 5.91 Å². The first kappa shape index (κ1) is 18.6. The lowest BCUT2D eigenvalue weighted by Gasteiger charge is -2.59. The van der Waals surface area contributed by atoms with Crippen molar-refractivity contribution in [1.82, 2.24) is 10.2 Å². The van der Waals surface area contributed by atoms with Crippen LogP contribution in [0.1, 0.15) is 26.7 Å². The smallest absolute Gasteiger partial charge is 0.317 e. The summed E-state index contributed by atoms with van der Waals surface area (Å²) in [7, 11) is 1.52. The summed E-state index contributed by atoms with van der Waals surface area (Å²) in [5.41, 5.74) is 0.0232. The molecule has 0 aromatic heterocycles. The first-order chi connectivity index (χ1) is 12.4. The number of methoxy groups -OCH3 is 1. The zero-order valence-corrected chi connectivity index (χ0v) is 15.5. The number of hydrogen-bond acceptors (Lipinski definition) is 3. The second-order valence-electron chi connectivity index (χ2n) is 7.44. The fourth-order valence-electron chi connectivity index (χ4n) is 3.92. The van der Waals surface area contributed by atoms with E-state index in [2.05, 4.69) is 5.32 Å². The molecule has 0 bridgehead atoms. The average Bonchev–Trinajstić information content (AvgIpc) is 2.60. The normalized spacial score (nSPS) is 21.9. The number of halogens is 1. The number of rotatable bonds is 4. The van der Waals surface area contributed by atoms with Gasteiger partial charge in [-0.2, -0.15) is 0 Å². The molecule has 0 radical (unpaired) electrons. The van der Waals surface area contributed by atoms with E-state index in [1.807, 2.05) is 13.8 Å². The summed E-state index contributed by atoms with van der Waals surface area (Å²) in [5, 5.41) is 2.93. The maximum Gasteiger partial charge on any atom is 0.317 e. The highest BCUT2D eigenvalue weighted by atomic mass is 19.1. The molecule has 0 aliphatic carbocycles. The molecule has 6 nitrogen and oxygen atoms in total. The zero-order valence-electron chi connectivity index (χ0n) is 15.5. The summed E-state index contributed by atoms with van der Waals surface area (Å²) < 4.78 is 19.1. The molecule has 3 amide bonds. The summed E-state index contributed by atoms with van der Waals surface area (Å²) in [6.07, 6.45) is 0.651. The van der Waals surface area contributed by atoms with Gasteiger partial charge in [-0.25, -0.2) is 9.18 Å². The molecule has 2 aliphatic heterocycles. The summed E-state index contributed by atoms with van der Waals surface area (Å²) >= 11 is 0. The number of urea groups is 1. The van der Waals surface area contributed by atoms with Crippen molar-refractivity contribution < 1.29 is 18.7 Å². The van der Waals surface area contributed by atoms with Gasteiger partial charge in [-0.05, 0) is 37.0 Å². The molecule has 2 aliphatic rings. The topological polar surface area (TPSA) is 61.9 Å². The molecule has 142 valence electrons. The Kier molecular flexibility index (Phi) is 5.18. The lowest BCUT2D eigenvalue weighted by atomic mass is 9.72. The molecular weight excluding hydrogens is 337 g/mol. The Labute approximate surface area is 153 Å². The van der Waals surface area contributed by atoms with Crippen LogP contribution in [0.4, 0.5) is 14.9 Å². The van der Waals surface area contributed by atoms with Crippen LogP contribution in [0.3, 0.4) is 0 Å². The second-order valence-corrected chi connectivity index (χ2v) is 7.44. The van der Waals surface area contributed by atoms with Crippen molar-refractivity contribution in [3.63, 3.8) is 0 Å². The van der Waals surface area contributed by atoms with Crippen molar-refractivity contribution >= 4 is 17.6 Å². The summed E-state index contributed by atoms with van der Waals surface area (Å²) in [6, 6.07) is 5.98. The number of nitrogens with one attached hydrogen (secondary N) is 1. The molecule has 7 heteroatoms. The van der Waals surface area contributed by atoms with E-state index in [0.717, 1.165) is 0 Å². The molecule has 2 fully saturated rings. The Balaban J connectivity index is 1.74. The Hall–Kier alpha value is -2.15. The SMILES string of the molecule is COC1C(=O)N(c2cccc(F)c2)C12CCN(C(=O)NCC(C)C)CC2. The van der Waals surface area contributed by atoms with Crippen molar-refractivity contribution in [3.8, 4) is 0 Å².